The van der Waals surface area contributed by atoms with Gasteiger partial charge in [0.2, 0.25) is 0 Å². The lowest BCUT2D eigenvalue weighted by molar-refractivity contribution is 0.168. The maximum absolute atomic E-state index is 12.4. The summed E-state index contributed by atoms with van der Waals surface area (Å²) < 4.78 is 0. The van der Waals surface area contributed by atoms with Gasteiger partial charge in [-0.15, -0.1) is 0 Å². The molecule has 1 aliphatic rings. The zero-order valence-corrected chi connectivity index (χ0v) is 20.1. The Morgan fingerprint density at radius 1 is 0.970 bits per heavy atom. The largest absolute Gasteiger partial charge is 0.353 e. The zero-order chi connectivity index (χ0) is 23.4. The van der Waals surface area contributed by atoms with E-state index in [0.29, 0.717) is 13.1 Å². The van der Waals surface area contributed by atoms with Crippen molar-refractivity contribution in [2.45, 2.75) is 26.7 Å². The summed E-state index contributed by atoms with van der Waals surface area (Å²) in [6, 6.07) is 18.9. The molecule has 0 N–H and O–H groups in total. The molecule has 1 aromatic heterocycles. The molecule has 0 spiro atoms. The van der Waals surface area contributed by atoms with E-state index >= 15 is 0 Å². The van der Waals surface area contributed by atoms with E-state index in [1.807, 2.05) is 23.1 Å². The quantitative estimate of drug-likeness (QED) is 0.586. The first-order valence-corrected chi connectivity index (χ1v) is 11.7. The first-order valence-electron chi connectivity index (χ1n) is 11.7. The van der Waals surface area contributed by atoms with Crippen molar-refractivity contribution in [1.29, 1.82) is 0 Å². The van der Waals surface area contributed by atoms with E-state index < -0.39 is 0 Å². The van der Waals surface area contributed by atoms with Crippen LogP contribution >= 0.6 is 0 Å². The predicted octanol–water partition coefficient (Wildman–Crippen LogP) is 4.41. The Kier molecular flexibility index (Phi) is 6.92. The Morgan fingerprint density at radius 2 is 1.70 bits per heavy atom. The van der Waals surface area contributed by atoms with Gasteiger partial charge in [-0.25, -0.2) is 14.8 Å². The molecule has 0 unspecified atom stereocenters. The Morgan fingerprint density at radius 3 is 2.33 bits per heavy atom. The summed E-state index contributed by atoms with van der Waals surface area (Å²) in [6.45, 7) is 7.18. The molecule has 2 aromatic carbocycles. The van der Waals surface area contributed by atoms with Crippen LogP contribution in [0.4, 0.5) is 10.6 Å². The molecule has 1 saturated heterocycles. The molecule has 6 nitrogen and oxygen atoms in total. The smallest absolute Gasteiger partial charge is 0.319 e. The lowest BCUT2D eigenvalue weighted by Crippen LogP contribution is -2.52. The highest BCUT2D eigenvalue weighted by molar-refractivity contribution is 5.74. The van der Waals surface area contributed by atoms with E-state index in [2.05, 4.69) is 55.1 Å². The third-order valence-corrected chi connectivity index (χ3v) is 6.13. The topological polar surface area (TPSA) is 52.6 Å². The van der Waals surface area contributed by atoms with Crippen molar-refractivity contribution in [3.63, 3.8) is 0 Å². The lowest BCUT2D eigenvalue weighted by Gasteiger charge is -2.37. The number of anilines is 1. The Balaban J connectivity index is 1.73. The van der Waals surface area contributed by atoms with Crippen LogP contribution in [0, 0.1) is 6.92 Å². The number of nitrogens with zero attached hydrogens (tertiary/aromatic N) is 5. The molecule has 0 atom stereocenters. The van der Waals surface area contributed by atoms with Crippen LogP contribution in [0.15, 0.2) is 54.6 Å². The minimum Gasteiger partial charge on any atom is -0.353 e. The van der Waals surface area contributed by atoms with Crippen LogP contribution in [0.25, 0.3) is 11.4 Å². The third kappa shape index (κ3) is 5.16. The second-order valence-corrected chi connectivity index (χ2v) is 8.83. The number of aryl methyl sites for hydroxylation is 2. The monoisotopic (exact) mass is 443 g/mol. The van der Waals surface area contributed by atoms with Crippen LogP contribution in [-0.2, 0) is 12.8 Å². The second kappa shape index (κ2) is 10.0. The maximum Gasteiger partial charge on any atom is 0.319 e. The van der Waals surface area contributed by atoms with Gasteiger partial charge in [0.15, 0.2) is 5.82 Å². The lowest BCUT2D eigenvalue weighted by atomic mass is 10.00. The summed E-state index contributed by atoms with van der Waals surface area (Å²) in [6.07, 6.45) is 1.64. The average molecular weight is 444 g/mol. The fourth-order valence-corrected chi connectivity index (χ4v) is 4.39. The molecule has 0 aliphatic carbocycles. The summed E-state index contributed by atoms with van der Waals surface area (Å²) in [5.41, 5.74) is 5.83. The number of benzene rings is 2. The standard InChI is InChI=1S/C27H33N5O/c1-5-24-23(19-21-11-9-10-20(2)18-21)26(29-25(28-24)22-12-7-6-8-13-22)31-14-16-32(17-15-31)27(33)30(3)4/h6-13,18H,5,14-17,19H2,1-4H3. The summed E-state index contributed by atoms with van der Waals surface area (Å²) in [5, 5.41) is 0. The Bertz CT molecular complexity index is 1100. The molecule has 33 heavy (non-hydrogen) atoms. The van der Waals surface area contributed by atoms with Crippen molar-refractivity contribution >= 4 is 11.8 Å². The first kappa shape index (κ1) is 22.8. The Labute approximate surface area is 196 Å². The van der Waals surface area contributed by atoms with Gasteiger partial charge in [0, 0.05) is 63.5 Å². The van der Waals surface area contributed by atoms with E-state index in [9.17, 15) is 4.79 Å². The fraction of sp³-hybridized carbons (Fsp3) is 0.370. The van der Waals surface area contributed by atoms with E-state index in [1.165, 1.54) is 16.7 Å². The van der Waals surface area contributed by atoms with Crippen molar-refractivity contribution in [2.24, 2.45) is 0 Å². The van der Waals surface area contributed by atoms with Gasteiger partial charge in [0.1, 0.15) is 5.82 Å². The number of rotatable bonds is 5. The maximum atomic E-state index is 12.4. The van der Waals surface area contributed by atoms with Crippen molar-refractivity contribution in [1.82, 2.24) is 19.8 Å². The van der Waals surface area contributed by atoms with Crippen molar-refractivity contribution < 1.29 is 4.79 Å². The van der Waals surface area contributed by atoms with Crippen LogP contribution in [0.2, 0.25) is 0 Å². The SMILES string of the molecule is CCc1nc(-c2ccccc2)nc(N2CCN(C(=O)N(C)C)CC2)c1Cc1cccc(C)c1. The van der Waals surface area contributed by atoms with Gasteiger partial charge in [0.05, 0.1) is 0 Å². The molecule has 172 valence electrons. The van der Waals surface area contributed by atoms with Gasteiger partial charge < -0.3 is 14.7 Å². The average Bonchev–Trinajstić information content (AvgIpc) is 2.84. The molecule has 2 heterocycles. The number of hydrogen-bond acceptors (Lipinski definition) is 4. The van der Waals surface area contributed by atoms with Crippen molar-refractivity contribution in [2.75, 3.05) is 45.2 Å². The van der Waals surface area contributed by atoms with Crippen molar-refractivity contribution in [3.8, 4) is 11.4 Å². The molecule has 4 rings (SSSR count). The Hall–Kier alpha value is -3.41. The van der Waals surface area contributed by atoms with E-state index in [-0.39, 0.29) is 6.03 Å². The van der Waals surface area contributed by atoms with Gasteiger partial charge in [0.25, 0.3) is 0 Å². The van der Waals surface area contributed by atoms with Crippen LogP contribution in [-0.4, -0.2) is 66.1 Å². The zero-order valence-electron chi connectivity index (χ0n) is 20.1. The number of aromatic nitrogens is 2. The molecular weight excluding hydrogens is 410 g/mol. The minimum atomic E-state index is 0.0662. The van der Waals surface area contributed by atoms with Crippen LogP contribution in [0.3, 0.4) is 0 Å². The summed E-state index contributed by atoms with van der Waals surface area (Å²) in [7, 11) is 3.61. The third-order valence-electron chi connectivity index (χ3n) is 6.13. The fourth-order valence-electron chi connectivity index (χ4n) is 4.39. The number of piperazine rings is 1. The normalized spacial score (nSPS) is 13.8. The van der Waals surface area contributed by atoms with Crippen molar-refractivity contribution in [3.05, 3.63) is 77.0 Å². The highest BCUT2D eigenvalue weighted by Crippen LogP contribution is 2.29. The molecule has 3 aromatic rings. The van der Waals surface area contributed by atoms with Gasteiger partial charge in [-0.2, -0.15) is 0 Å². The number of carbonyl (C=O) groups excluding carboxylic acids is 1. The molecule has 1 fully saturated rings. The summed E-state index contributed by atoms with van der Waals surface area (Å²) >= 11 is 0. The minimum absolute atomic E-state index is 0.0662. The van der Waals surface area contributed by atoms with Crippen LogP contribution in [0.1, 0.15) is 29.3 Å². The predicted molar refractivity (Wildman–Crippen MR) is 134 cm³/mol. The first-order chi connectivity index (χ1) is 16.0. The summed E-state index contributed by atoms with van der Waals surface area (Å²) in [5.74, 6) is 1.77. The van der Waals surface area contributed by atoms with Gasteiger partial charge in [-0.05, 0) is 18.9 Å². The molecule has 0 radical (unpaired) electrons. The number of carbonyl (C=O) groups is 1. The van der Waals surface area contributed by atoms with E-state index in [1.54, 1.807) is 19.0 Å². The molecule has 6 heteroatoms. The number of hydrogen-bond donors (Lipinski definition) is 0. The van der Waals surface area contributed by atoms with E-state index in [4.69, 9.17) is 9.97 Å². The van der Waals surface area contributed by atoms with Crippen LogP contribution in [0.5, 0.6) is 0 Å². The molecule has 1 aliphatic heterocycles. The molecule has 2 amide bonds. The van der Waals surface area contributed by atoms with Gasteiger partial charge in [-0.1, -0.05) is 67.1 Å². The molecular formula is C27H33N5O. The molecule has 0 bridgehead atoms. The summed E-state index contributed by atoms with van der Waals surface area (Å²) in [4.78, 5) is 28.4. The number of amides is 2. The van der Waals surface area contributed by atoms with Gasteiger partial charge in [-0.3, -0.25) is 0 Å². The van der Waals surface area contributed by atoms with Crippen LogP contribution < -0.4 is 4.90 Å². The molecule has 0 saturated carbocycles. The highest BCUT2D eigenvalue weighted by Gasteiger charge is 2.26. The second-order valence-electron chi connectivity index (χ2n) is 8.83. The van der Waals surface area contributed by atoms with E-state index in [0.717, 1.165) is 48.8 Å². The number of urea groups is 1. The van der Waals surface area contributed by atoms with Gasteiger partial charge >= 0.3 is 6.03 Å². The highest BCUT2D eigenvalue weighted by atomic mass is 16.2.